The molecule has 0 aliphatic rings. The van der Waals surface area contributed by atoms with Gasteiger partial charge in [-0.2, -0.15) is 0 Å². The van der Waals surface area contributed by atoms with Crippen LogP contribution in [0.2, 0.25) is 0 Å². The Balaban J connectivity index is 2.40. The van der Waals surface area contributed by atoms with Crippen molar-refractivity contribution in [2.24, 2.45) is 0 Å². The number of aryl methyl sites for hydroxylation is 1. The zero-order chi connectivity index (χ0) is 15.7. The first-order chi connectivity index (χ1) is 10.1. The lowest BCUT2D eigenvalue weighted by molar-refractivity contribution is 0.215. The van der Waals surface area contributed by atoms with Crippen LogP contribution in [0.5, 0.6) is 0 Å². The third kappa shape index (κ3) is 6.04. The number of aliphatic hydroxyl groups excluding tert-OH is 1. The number of carbonyl (C=O) groups excluding carboxylic acids is 1. The van der Waals surface area contributed by atoms with E-state index in [-0.39, 0.29) is 18.7 Å². The fraction of sp³-hybridized carbons (Fsp3) is 0.562. The van der Waals surface area contributed by atoms with Crippen molar-refractivity contribution in [2.75, 3.05) is 31.1 Å². The number of urea groups is 1. The fourth-order valence-corrected chi connectivity index (χ4v) is 2.11. The van der Waals surface area contributed by atoms with Gasteiger partial charge in [0.15, 0.2) is 0 Å². The van der Waals surface area contributed by atoms with Crippen molar-refractivity contribution in [1.29, 1.82) is 0 Å². The van der Waals surface area contributed by atoms with Gasteiger partial charge in [-0.15, -0.1) is 0 Å². The number of nitrogens with one attached hydrogen (secondary N) is 2. The quantitative estimate of drug-likeness (QED) is 0.686. The van der Waals surface area contributed by atoms with Gasteiger partial charge in [0.1, 0.15) is 0 Å². The van der Waals surface area contributed by atoms with Crippen LogP contribution in [0.1, 0.15) is 25.8 Å². The van der Waals surface area contributed by atoms with Crippen molar-refractivity contribution < 1.29 is 9.90 Å². The molecule has 1 unspecified atom stereocenters. The Morgan fingerprint density at radius 3 is 2.71 bits per heavy atom. The Morgan fingerprint density at radius 2 is 2.14 bits per heavy atom. The molecule has 1 rings (SSSR count). The van der Waals surface area contributed by atoms with Crippen LogP contribution in [0, 0.1) is 6.92 Å². The predicted molar refractivity (Wildman–Crippen MR) is 86.8 cm³/mol. The maximum Gasteiger partial charge on any atom is 0.315 e. The largest absolute Gasteiger partial charge is 0.394 e. The van der Waals surface area contributed by atoms with Gasteiger partial charge in [0.2, 0.25) is 0 Å². The topological polar surface area (TPSA) is 64.6 Å². The molecule has 0 radical (unpaired) electrons. The number of amides is 2. The molecule has 0 saturated heterocycles. The molecular formula is C16H27N3O2. The summed E-state index contributed by atoms with van der Waals surface area (Å²) in [7, 11) is 0. The van der Waals surface area contributed by atoms with E-state index in [1.165, 1.54) is 11.3 Å². The summed E-state index contributed by atoms with van der Waals surface area (Å²) in [6.07, 6.45) is 0.717. The maximum atomic E-state index is 11.7. The fourth-order valence-electron chi connectivity index (χ4n) is 2.11. The van der Waals surface area contributed by atoms with Gasteiger partial charge in [0.25, 0.3) is 0 Å². The smallest absolute Gasteiger partial charge is 0.315 e. The summed E-state index contributed by atoms with van der Waals surface area (Å²) in [5, 5.41) is 14.6. The summed E-state index contributed by atoms with van der Waals surface area (Å²) in [5.74, 6) is 0. The Labute approximate surface area is 127 Å². The van der Waals surface area contributed by atoms with Gasteiger partial charge >= 0.3 is 6.03 Å². The Kier molecular flexibility index (Phi) is 7.61. The van der Waals surface area contributed by atoms with Gasteiger partial charge < -0.3 is 20.6 Å². The molecule has 0 saturated carbocycles. The van der Waals surface area contributed by atoms with Crippen LogP contribution in [0.25, 0.3) is 0 Å². The van der Waals surface area contributed by atoms with E-state index in [1.807, 2.05) is 13.0 Å². The molecule has 0 aliphatic heterocycles. The SMILES string of the molecule is CCC(CO)NC(=O)NCCN(CC)c1cccc(C)c1. The minimum atomic E-state index is -0.226. The summed E-state index contributed by atoms with van der Waals surface area (Å²) in [6.45, 7) is 8.27. The minimum absolute atomic E-state index is 0.0334. The van der Waals surface area contributed by atoms with Crippen LogP contribution < -0.4 is 15.5 Å². The van der Waals surface area contributed by atoms with E-state index in [0.29, 0.717) is 13.0 Å². The van der Waals surface area contributed by atoms with Crippen molar-refractivity contribution in [3.63, 3.8) is 0 Å². The summed E-state index contributed by atoms with van der Waals surface area (Å²) < 4.78 is 0. The zero-order valence-electron chi connectivity index (χ0n) is 13.2. The lowest BCUT2D eigenvalue weighted by Gasteiger charge is -2.24. The average molecular weight is 293 g/mol. The van der Waals surface area contributed by atoms with Crippen LogP contribution in [0.15, 0.2) is 24.3 Å². The molecule has 1 atom stereocenters. The van der Waals surface area contributed by atoms with Crippen molar-refractivity contribution in [2.45, 2.75) is 33.2 Å². The van der Waals surface area contributed by atoms with Crippen LogP contribution in [0.4, 0.5) is 10.5 Å². The number of likely N-dealkylation sites (N-methyl/N-ethyl adjacent to an activating group) is 1. The van der Waals surface area contributed by atoms with Gasteiger partial charge in [-0.25, -0.2) is 4.79 Å². The number of anilines is 1. The second-order valence-corrected chi connectivity index (χ2v) is 5.11. The summed E-state index contributed by atoms with van der Waals surface area (Å²) in [6, 6.07) is 7.93. The normalized spacial score (nSPS) is 11.8. The molecule has 1 aromatic carbocycles. The second-order valence-electron chi connectivity index (χ2n) is 5.11. The molecule has 5 heteroatoms. The molecule has 0 heterocycles. The zero-order valence-corrected chi connectivity index (χ0v) is 13.2. The van der Waals surface area contributed by atoms with Crippen molar-refractivity contribution >= 4 is 11.7 Å². The van der Waals surface area contributed by atoms with Crippen LogP contribution in [0.3, 0.4) is 0 Å². The van der Waals surface area contributed by atoms with Gasteiger partial charge in [-0.3, -0.25) is 0 Å². The third-order valence-electron chi connectivity index (χ3n) is 3.46. The Morgan fingerprint density at radius 1 is 1.38 bits per heavy atom. The van der Waals surface area contributed by atoms with Gasteiger partial charge in [0, 0.05) is 25.3 Å². The Bertz CT molecular complexity index is 433. The van der Waals surface area contributed by atoms with Crippen molar-refractivity contribution in [1.82, 2.24) is 10.6 Å². The molecule has 0 spiro atoms. The van der Waals surface area contributed by atoms with Gasteiger partial charge in [-0.05, 0) is 38.0 Å². The van der Waals surface area contributed by atoms with E-state index in [1.54, 1.807) is 0 Å². The molecule has 118 valence electrons. The maximum absolute atomic E-state index is 11.7. The van der Waals surface area contributed by atoms with Crippen LogP contribution in [-0.4, -0.2) is 43.4 Å². The van der Waals surface area contributed by atoms with E-state index < -0.39 is 0 Å². The first-order valence-corrected chi connectivity index (χ1v) is 7.57. The lowest BCUT2D eigenvalue weighted by Crippen LogP contribution is -2.45. The number of hydrogen-bond acceptors (Lipinski definition) is 3. The van der Waals surface area contributed by atoms with E-state index >= 15 is 0 Å². The van der Waals surface area contributed by atoms with E-state index in [2.05, 4.69) is 47.6 Å². The van der Waals surface area contributed by atoms with Crippen LogP contribution >= 0.6 is 0 Å². The summed E-state index contributed by atoms with van der Waals surface area (Å²) in [4.78, 5) is 13.9. The number of nitrogens with zero attached hydrogens (tertiary/aromatic N) is 1. The highest BCUT2D eigenvalue weighted by Crippen LogP contribution is 2.14. The number of carbonyl (C=O) groups is 1. The van der Waals surface area contributed by atoms with Crippen LogP contribution in [-0.2, 0) is 0 Å². The van der Waals surface area contributed by atoms with E-state index in [0.717, 1.165) is 13.1 Å². The number of rotatable bonds is 8. The van der Waals surface area contributed by atoms with Gasteiger partial charge in [0.05, 0.1) is 12.6 Å². The molecule has 0 aromatic heterocycles. The molecule has 21 heavy (non-hydrogen) atoms. The first kappa shape index (κ1) is 17.3. The molecule has 0 aliphatic carbocycles. The van der Waals surface area contributed by atoms with Crippen molar-refractivity contribution in [3.8, 4) is 0 Å². The molecular weight excluding hydrogens is 266 g/mol. The highest BCUT2D eigenvalue weighted by molar-refractivity contribution is 5.74. The highest BCUT2D eigenvalue weighted by Gasteiger charge is 2.09. The molecule has 5 nitrogen and oxygen atoms in total. The Hall–Kier alpha value is -1.75. The second kappa shape index (κ2) is 9.23. The summed E-state index contributed by atoms with van der Waals surface area (Å²) >= 11 is 0. The monoisotopic (exact) mass is 293 g/mol. The third-order valence-corrected chi connectivity index (χ3v) is 3.46. The predicted octanol–water partition coefficient (Wildman–Crippen LogP) is 1.89. The van der Waals surface area contributed by atoms with E-state index in [4.69, 9.17) is 5.11 Å². The van der Waals surface area contributed by atoms with E-state index in [9.17, 15) is 4.79 Å². The number of benzene rings is 1. The highest BCUT2D eigenvalue weighted by atomic mass is 16.3. The molecule has 3 N–H and O–H groups in total. The number of aliphatic hydroxyl groups is 1. The summed E-state index contributed by atoms with van der Waals surface area (Å²) in [5.41, 5.74) is 2.40. The lowest BCUT2D eigenvalue weighted by atomic mass is 10.2. The molecule has 0 fully saturated rings. The van der Waals surface area contributed by atoms with Crippen molar-refractivity contribution in [3.05, 3.63) is 29.8 Å². The number of hydrogen-bond donors (Lipinski definition) is 3. The molecule has 1 aromatic rings. The first-order valence-electron chi connectivity index (χ1n) is 7.57. The van der Waals surface area contributed by atoms with Gasteiger partial charge in [-0.1, -0.05) is 19.1 Å². The molecule has 2 amide bonds. The average Bonchev–Trinajstić information content (AvgIpc) is 2.49. The minimum Gasteiger partial charge on any atom is -0.394 e. The standard InChI is InChI=1S/C16H27N3O2/c1-4-14(12-20)18-16(21)17-9-10-19(5-2)15-8-6-7-13(3)11-15/h6-8,11,14,20H,4-5,9-10,12H2,1-3H3,(H2,17,18,21). The molecule has 0 bridgehead atoms.